The topological polar surface area (TPSA) is 58.2 Å². The highest BCUT2D eigenvalue weighted by atomic mass is 32.2. The standard InChI is InChI=1S/C14H24N2O2S/c1-5-14(3,4)11-15-12-9-7-8-10-13(12)19(17,18)16-6-2/h7-10,15-16H,5-6,11H2,1-4H3. The minimum absolute atomic E-state index is 0.134. The molecule has 0 atom stereocenters. The van der Waals surface area contributed by atoms with Gasteiger partial charge < -0.3 is 5.32 Å². The third-order valence-corrected chi connectivity index (χ3v) is 4.83. The molecule has 0 aliphatic carbocycles. The molecule has 0 saturated carbocycles. The first-order chi connectivity index (χ1) is 8.82. The lowest BCUT2D eigenvalue weighted by atomic mass is 9.90. The van der Waals surface area contributed by atoms with E-state index in [2.05, 4.69) is 30.8 Å². The first-order valence-electron chi connectivity index (χ1n) is 6.65. The molecule has 0 saturated heterocycles. The van der Waals surface area contributed by atoms with Gasteiger partial charge in [0.05, 0.1) is 5.69 Å². The number of sulfonamides is 1. The van der Waals surface area contributed by atoms with E-state index in [4.69, 9.17) is 0 Å². The highest BCUT2D eigenvalue weighted by Crippen LogP contribution is 2.24. The third-order valence-electron chi connectivity index (χ3n) is 3.23. The first-order valence-corrected chi connectivity index (χ1v) is 8.13. The van der Waals surface area contributed by atoms with Crippen LogP contribution in [-0.4, -0.2) is 21.5 Å². The molecule has 0 aliphatic heterocycles. The lowest BCUT2D eigenvalue weighted by Crippen LogP contribution is -2.26. The van der Waals surface area contributed by atoms with Gasteiger partial charge in [-0.15, -0.1) is 0 Å². The molecule has 1 aromatic rings. The quantitative estimate of drug-likeness (QED) is 0.809. The zero-order valence-electron chi connectivity index (χ0n) is 12.2. The van der Waals surface area contributed by atoms with Gasteiger partial charge in [0.15, 0.2) is 0 Å². The molecule has 0 unspecified atom stereocenters. The second-order valence-corrected chi connectivity index (χ2v) is 7.10. The van der Waals surface area contributed by atoms with Crippen molar-refractivity contribution in [3.05, 3.63) is 24.3 Å². The Morgan fingerprint density at radius 1 is 1.16 bits per heavy atom. The van der Waals surface area contributed by atoms with Crippen LogP contribution in [0, 0.1) is 5.41 Å². The Bertz CT molecular complexity index is 510. The van der Waals surface area contributed by atoms with Crippen molar-refractivity contribution in [1.29, 1.82) is 0 Å². The molecule has 5 heteroatoms. The molecule has 0 heterocycles. The smallest absolute Gasteiger partial charge is 0.242 e. The van der Waals surface area contributed by atoms with Crippen LogP contribution < -0.4 is 10.0 Å². The summed E-state index contributed by atoms with van der Waals surface area (Å²) in [6, 6.07) is 7.00. The Hall–Kier alpha value is -1.07. The summed E-state index contributed by atoms with van der Waals surface area (Å²) in [6.07, 6.45) is 1.03. The van der Waals surface area contributed by atoms with Gasteiger partial charge in [-0.05, 0) is 24.0 Å². The van der Waals surface area contributed by atoms with Gasteiger partial charge in [-0.25, -0.2) is 13.1 Å². The van der Waals surface area contributed by atoms with E-state index in [0.29, 0.717) is 17.1 Å². The molecular formula is C14H24N2O2S. The van der Waals surface area contributed by atoms with Crippen molar-refractivity contribution < 1.29 is 8.42 Å². The summed E-state index contributed by atoms with van der Waals surface area (Å²) < 4.78 is 26.7. The van der Waals surface area contributed by atoms with Crippen molar-refractivity contribution in [2.45, 2.75) is 39.0 Å². The zero-order valence-corrected chi connectivity index (χ0v) is 13.0. The van der Waals surface area contributed by atoms with Crippen LogP contribution in [0.5, 0.6) is 0 Å². The fraction of sp³-hybridized carbons (Fsp3) is 0.571. The molecule has 1 aromatic carbocycles. The Morgan fingerprint density at radius 2 is 1.79 bits per heavy atom. The normalized spacial score (nSPS) is 12.4. The van der Waals surface area contributed by atoms with E-state index >= 15 is 0 Å². The molecule has 108 valence electrons. The fourth-order valence-corrected chi connectivity index (χ4v) is 2.80. The number of para-hydroxylation sites is 1. The summed E-state index contributed by atoms with van der Waals surface area (Å²) in [6.45, 7) is 9.33. The van der Waals surface area contributed by atoms with Gasteiger partial charge in [0.25, 0.3) is 0 Å². The summed E-state index contributed by atoms with van der Waals surface area (Å²) in [4.78, 5) is 0.309. The SMILES string of the molecule is CCNS(=O)(=O)c1ccccc1NCC(C)(C)CC. The van der Waals surface area contributed by atoms with Gasteiger partial charge in [-0.2, -0.15) is 0 Å². The molecule has 0 aliphatic rings. The van der Waals surface area contributed by atoms with E-state index in [0.717, 1.165) is 13.0 Å². The van der Waals surface area contributed by atoms with Crippen LogP contribution in [0.15, 0.2) is 29.2 Å². The lowest BCUT2D eigenvalue weighted by molar-refractivity contribution is 0.376. The molecule has 0 amide bonds. The summed E-state index contributed by atoms with van der Waals surface area (Å²) in [5, 5.41) is 3.25. The average Bonchev–Trinajstić information content (AvgIpc) is 2.37. The minimum Gasteiger partial charge on any atom is -0.383 e. The summed E-state index contributed by atoms with van der Waals surface area (Å²) in [7, 11) is -3.43. The lowest BCUT2D eigenvalue weighted by Gasteiger charge is -2.24. The predicted octanol–water partition coefficient (Wildman–Crippen LogP) is 2.83. The Labute approximate surface area is 116 Å². The number of anilines is 1. The molecule has 4 nitrogen and oxygen atoms in total. The Balaban J connectivity index is 2.97. The summed E-state index contributed by atoms with van der Waals surface area (Å²) in [5.74, 6) is 0. The minimum atomic E-state index is -3.43. The van der Waals surface area contributed by atoms with Crippen molar-refractivity contribution in [3.8, 4) is 0 Å². The van der Waals surface area contributed by atoms with Crippen molar-refractivity contribution in [2.75, 3.05) is 18.4 Å². The maximum absolute atomic E-state index is 12.1. The highest BCUT2D eigenvalue weighted by molar-refractivity contribution is 7.89. The molecule has 1 rings (SSSR count). The molecule has 0 spiro atoms. The highest BCUT2D eigenvalue weighted by Gasteiger charge is 2.19. The van der Waals surface area contributed by atoms with Crippen molar-refractivity contribution in [2.24, 2.45) is 5.41 Å². The van der Waals surface area contributed by atoms with E-state index in [-0.39, 0.29) is 5.41 Å². The largest absolute Gasteiger partial charge is 0.383 e. The van der Waals surface area contributed by atoms with E-state index in [1.807, 2.05) is 6.07 Å². The van der Waals surface area contributed by atoms with Crippen molar-refractivity contribution in [3.63, 3.8) is 0 Å². The number of rotatable bonds is 7. The molecule has 2 N–H and O–H groups in total. The second-order valence-electron chi connectivity index (χ2n) is 5.37. The fourth-order valence-electron chi connectivity index (χ4n) is 1.57. The summed E-state index contributed by atoms with van der Waals surface area (Å²) in [5.41, 5.74) is 0.791. The van der Waals surface area contributed by atoms with Crippen LogP contribution in [0.4, 0.5) is 5.69 Å². The van der Waals surface area contributed by atoms with Crippen LogP contribution in [0.3, 0.4) is 0 Å². The average molecular weight is 284 g/mol. The van der Waals surface area contributed by atoms with Gasteiger partial charge in [-0.1, -0.05) is 39.8 Å². The van der Waals surface area contributed by atoms with Crippen LogP contribution in [0.25, 0.3) is 0 Å². The number of hydrogen-bond acceptors (Lipinski definition) is 3. The van der Waals surface area contributed by atoms with Crippen LogP contribution in [0.1, 0.15) is 34.1 Å². The monoisotopic (exact) mass is 284 g/mol. The van der Waals surface area contributed by atoms with Gasteiger partial charge in [-0.3, -0.25) is 0 Å². The zero-order chi connectivity index (χ0) is 14.5. The van der Waals surface area contributed by atoms with Crippen molar-refractivity contribution in [1.82, 2.24) is 4.72 Å². The summed E-state index contributed by atoms with van der Waals surface area (Å²) >= 11 is 0. The number of nitrogens with one attached hydrogen (secondary N) is 2. The van der Waals surface area contributed by atoms with Gasteiger partial charge in [0.1, 0.15) is 4.90 Å². The van der Waals surface area contributed by atoms with Crippen LogP contribution >= 0.6 is 0 Å². The number of benzene rings is 1. The van der Waals surface area contributed by atoms with E-state index < -0.39 is 10.0 Å². The third kappa shape index (κ3) is 4.51. The maximum Gasteiger partial charge on any atom is 0.242 e. The molecule has 0 fully saturated rings. The van der Waals surface area contributed by atoms with Crippen LogP contribution in [0.2, 0.25) is 0 Å². The van der Waals surface area contributed by atoms with Gasteiger partial charge >= 0.3 is 0 Å². The first kappa shape index (κ1) is 16.0. The molecule has 0 aromatic heterocycles. The molecule has 0 bridgehead atoms. The predicted molar refractivity (Wildman–Crippen MR) is 79.9 cm³/mol. The van der Waals surface area contributed by atoms with E-state index in [1.165, 1.54) is 0 Å². The maximum atomic E-state index is 12.1. The second kappa shape index (κ2) is 6.39. The Kier molecular flexibility index (Phi) is 5.38. The molecular weight excluding hydrogens is 260 g/mol. The van der Waals surface area contributed by atoms with E-state index in [9.17, 15) is 8.42 Å². The van der Waals surface area contributed by atoms with Gasteiger partial charge in [0, 0.05) is 13.1 Å². The van der Waals surface area contributed by atoms with Crippen LogP contribution in [-0.2, 0) is 10.0 Å². The van der Waals surface area contributed by atoms with Crippen molar-refractivity contribution >= 4 is 15.7 Å². The van der Waals surface area contributed by atoms with E-state index in [1.54, 1.807) is 25.1 Å². The van der Waals surface area contributed by atoms with Gasteiger partial charge in [0.2, 0.25) is 10.0 Å². The Morgan fingerprint density at radius 3 is 2.37 bits per heavy atom. The molecule has 19 heavy (non-hydrogen) atoms. The molecule has 0 radical (unpaired) electrons. The number of hydrogen-bond donors (Lipinski definition) is 2.